The van der Waals surface area contributed by atoms with Gasteiger partial charge in [-0.1, -0.05) is 0 Å². The van der Waals surface area contributed by atoms with Crippen LogP contribution >= 0.6 is 0 Å². The van der Waals surface area contributed by atoms with Crippen molar-refractivity contribution >= 4 is 11.9 Å². The number of amides is 1. The van der Waals surface area contributed by atoms with Crippen LogP contribution in [0.5, 0.6) is 0 Å². The number of aliphatic imine (C=N–C) groups is 1. The van der Waals surface area contributed by atoms with Crippen molar-refractivity contribution < 1.29 is 14.7 Å². The number of likely N-dealkylation sites (N-methyl/N-ethyl adjacent to an activating group) is 1. The number of carbonyl (C=O) groups excluding carboxylic acids is 1. The van der Waals surface area contributed by atoms with Crippen LogP contribution in [0.15, 0.2) is 4.99 Å². The fourth-order valence-corrected chi connectivity index (χ4v) is 1.84. The molecule has 0 aliphatic carbocycles. The molecule has 0 spiro atoms. The molecule has 2 N–H and O–H groups in total. The largest absolute Gasteiger partial charge is 0.444 e. The lowest BCUT2D eigenvalue weighted by Crippen LogP contribution is -2.48. The lowest BCUT2D eigenvalue weighted by Gasteiger charge is -2.30. The summed E-state index contributed by atoms with van der Waals surface area (Å²) < 4.78 is 5.31. The second kappa shape index (κ2) is 6.04. The van der Waals surface area contributed by atoms with Crippen LogP contribution in [0.3, 0.4) is 0 Å². The molecule has 0 saturated carbocycles. The average molecular weight is 257 g/mol. The highest BCUT2D eigenvalue weighted by molar-refractivity contribution is 5.89. The van der Waals surface area contributed by atoms with E-state index in [9.17, 15) is 4.79 Å². The summed E-state index contributed by atoms with van der Waals surface area (Å²) in [6.07, 6.45) is 2.29. The number of nitrogens with one attached hydrogen (secondary N) is 1. The predicted molar refractivity (Wildman–Crippen MR) is 68.9 cm³/mol. The molecule has 0 aromatic rings. The Kier molecular flexibility index (Phi) is 4.95. The van der Waals surface area contributed by atoms with E-state index < -0.39 is 11.7 Å². The topological polar surface area (TPSA) is 74.2 Å². The van der Waals surface area contributed by atoms with Gasteiger partial charge in [-0.2, -0.15) is 0 Å². The van der Waals surface area contributed by atoms with Crippen molar-refractivity contribution in [3.8, 4) is 0 Å². The number of amidine groups is 1. The summed E-state index contributed by atoms with van der Waals surface area (Å²) in [5, 5.41) is 9.09. The maximum Gasteiger partial charge on any atom is 0.410 e. The number of hydrogen-bond acceptors (Lipinski definition) is 5. The number of rotatable bonds is 1. The summed E-state index contributed by atoms with van der Waals surface area (Å²) in [4.78, 5) is 17.7. The Morgan fingerprint density at radius 2 is 2.17 bits per heavy atom. The van der Waals surface area contributed by atoms with Gasteiger partial charge in [-0.25, -0.2) is 4.79 Å². The van der Waals surface area contributed by atoms with Crippen LogP contribution in [-0.2, 0) is 4.74 Å². The molecule has 0 saturated heterocycles. The molecule has 18 heavy (non-hydrogen) atoms. The summed E-state index contributed by atoms with van der Waals surface area (Å²) in [5.41, 5.74) is 1.57. The Labute approximate surface area is 108 Å². The monoisotopic (exact) mass is 257 g/mol. The molecule has 0 fully saturated rings. The van der Waals surface area contributed by atoms with Crippen LogP contribution in [0.25, 0.3) is 0 Å². The number of ether oxygens (including phenoxy) is 1. The minimum Gasteiger partial charge on any atom is -0.444 e. The van der Waals surface area contributed by atoms with E-state index in [1.807, 2.05) is 20.8 Å². The molecular formula is C12H23N3O3. The maximum absolute atomic E-state index is 12.0. The molecule has 1 aliphatic heterocycles. The molecule has 6 nitrogen and oxygen atoms in total. The molecular weight excluding hydrogens is 234 g/mol. The first-order valence-electron chi connectivity index (χ1n) is 6.25. The molecule has 1 heterocycles. The van der Waals surface area contributed by atoms with E-state index in [-0.39, 0.29) is 6.04 Å². The first-order valence-corrected chi connectivity index (χ1v) is 6.25. The summed E-state index contributed by atoms with van der Waals surface area (Å²) >= 11 is 0. The SMILES string of the molecule is CN(C(=O)OC(C)(C)C)C1CCCCN=C1NO. The summed E-state index contributed by atoms with van der Waals surface area (Å²) in [5.74, 6) is 0.431. The Bertz CT molecular complexity index is 323. The van der Waals surface area contributed by atoms with Crippen molar-refractivity contribution in [1.82, 2.24) is 10.4 Å². The zero-order valence-electron chi connectivity index (χ0n) is 11.6. The molecule has 1 amide bonds. The van der Waals surface area contributed by atoms with Crippen LogP contribution in [0.4, 0.5) is 4.79 Å². The molecule has 1 atom stereocenters. The molecule has 0 aromatic heterocycles. The van der Waals surface area contributed by atoms with Gasteiger partial charge in [0.1, 0.15) is 11.4 Å². The van der Waals surface area contributed by atoms with E-state index >= 15 is 0 Å². The molecule has 104 valence electrons. The van der Waals surface area contributed by atoms with Gasteiger partial charge in [0.15, 0.2) is 0 Å². The van der Waals surface area contributed by atoms with Gasteiger partial charge in [-0.05, 0) is 40.0 Å². The van der Waals surface area contributed by atoms with Crippen molar-refractivity contribution in [3.05, 3.63) is 0 Å². The van der Waals surface area contributed by atoms with E-state index in [2.05, 4.69) is 10.5 Å². The quantitative estimate of drug-likeness (QED) is 0.702. The molecule has 1 aliphatic rings. The maximum atomic E-state index is 12.0. The van der Waals surface area contributed by atoms with E-state index in [0.29, 0.717) is 12.4 Å². The average Bonchev–Trinajstić information content (AvgIpc) is 2.50. The summed E-state index contributed by atoms with van der Waals surface area (Å²) in [6, 6.07) is -0.257. The van der Waals surface area contributed by atoms with Crippen LogP contribution < -0.4 is 5.48 Å². The van der Waals surface area contributed by atoms with Crippen molar-refractivity contribution in [2.75, 3.05) is 13.6 Å². The molecule has 0 aromatic carbocycles. The van der Waals surface area contributed by atoms with Crippen LogP contribution in [0, 0.1) is 0 Å². The fourth-order valence-electron chi connectivity index (χ4n) is 1.84. The van der Waals surface area contributed by atoms with Crippen LogP contribution in [0.1, 0.15) is 40.0 Å². The van der Waals surface area contributed by atoms with Gasteiger partial charge in [0.2, 0.25) is 0 Å². The van der Waals surface area contributed by atoms with Gasteiger partial charge in [0.25, 0.3) is 0 Å². The lowest BCUT2D eigenvalue weighted by molar-refractivity contribution is 0.0254. The number of nitrogens with zero attached hydrogens (tertiary/aromatic N) is 2. The number of hydroxylamine groups is 1. The third-order valence-electron chi connectivity index (χ3n) is 2.75. The van der Waals surface area contributed by atoms with Crippen molar-refractivity contribution in [2.24, 2.45) is 4.99 Å². The smallest absolute Gasteiger partial charge is 0.410 e. The van der Waals surface area contributed by atoms with Crippen molar-refractivity contribution in [3.63, 3.8) is 0 Å². The molecule has 0 radical (unpaired) electrons. The highest BCUT2D eigenvalue weighted by Crippen LogP contribution is 2.16. The van der Waals surface area contributed by atoms with Crippen LogP contribution in [0.2, 0.25) is 0 Å². The Morgan fingerprint density at radius 3 is 2.72 bits per heavy atom. The highest BCUT2D eigenvalue weighted by atomic mass is 16.6. The van der Waals surface area contributed by atoms with Crippen molar-refractivity contribution in [2.45, 2.75) is 51.7 Å². The van der Waals surface area contributed by atoms with Crippen LogP contribution in [-0.4, -0.2) is 47.3 Å². The van der Waals surface area contributed by atoms with Gasteiger partial charge >= 0.3 is 6.09 Å². The van der Waals surface area contributed by atoms with Gasteiger partial charge in [0, 0.05) is 13.6 Å². The molecule has 1 unspecified atom stereocenters. The van der Waals surface area contributed by atoms with E-state index in [0.717, 1.165) is 19.3 Å². The van der Waals surface area contributed by atoms with Gasteiger partial charge in [-0.3, -0.25) is 15.7 Å². The zero-order valence-corrected chi connectivity index (χ0v) is 11.6. The second-order valence-corrected chi connectivity index (χ2v) is 5.48. The van der Waals surface area contributed by atoms with Gasteiger partial charge in [0.05, 0.1) is 6.04 Å². The second-order valence-electron chi connectivity index (χ2n) is 5.48. The molecule has 0 bridgehead atoms. The fraction of sp³-hybridized carbons (Fsp3) is 0.833. The molecule has 1 rings (SSSR count). The normalized spacial score (nSPS) is 20.7. The summed E-state index contributed by atoms with van der Waals surface area (Å²) in [7, 11) is 1.66. The van der Waals surface area contributed by atoms with Crippen molar-refractivity contribution in [1.29, 1.82) is 0 Å². The minimum atomic E-state index is -0.528. The number of hydrogen-bond donors (Lipinski definition) is 2. The minimum absolute atomic E-state index is 0.257. The Balaban J connectivity index is 2.74. The van der Waals surface area contributed by atoms with E-state index in [4.69, 9.17) is 9.94 Å². The van der Waals surface area contributed by atoms with E-state index in [1.165, 1.54) is 4.90 Å². The predicted octanol–water partition coefficient (Wildman–Crippen LogP) is 1.78. The Morgan fingerprint density at radius 1 is 1.50 bits per heavy atom. The Hall–Kier alpha value is -1.30. The van der Waals surface area contributed by atoms with Gasteiger partial charge < -0.3 is 9.64 Å². The number of carbonyl (C=O) groups is 1. The molecule has 6 heteroatoms. The standard InChI is InChI=1S/C12H23N3O3/c1-12(2,3)18-11(16)15(4)9-7-5-6-8-13-10(9)14-17/h9,17H,5-8H2,1-4H3,(H,13,14). The lowest BCUT2D eigenvalue weighted by atomic mass is 10.1. The van der Waals surface area contributed by atoms with Gasteiger partial charge in [-0.15, -0.1) is 0 Å². The third kappa shape index (κ3) is 4.18. The highest BCUT2D eigenvalue weighted by Gasteiger charge is 2.29. The summed E-state index contributed by atoms with van der Waals surface area (Å²) in [6.45, 7) is 6.14. The zero-order chi connectivity index (χ0) is 13.8. The first-order chi connectivity index (χ1) is 8.35. The third-order valence-corrected chi connectivity index (χ3v) is 2.75. The first kappa shape index (κ1) is 14.8. The van der Waals surface area contributed by atoms with E-state index in [1.54, 1.807) is 7.05 Å².